The van der Waals surface area contributed by atoms with E-state index in [2.05, 4.69) is 20.5 Å². The number of hydrogen-bond donors (Lipinski definition) is 3. The van der Waals surface area contributed by atoms with E-state index in [1.54, 1.807) is 0 Å². The van der Waals surface area contributed by atoms with Crippen molar-refractivity contribution in [3.63, 3.8) is 0 Å². The van der Waals surface area contributed by atoms with E-state index in [4.69, 9.17) is 16.6 Å². The maximum atomic E-state index is 12.7. The number of nitrogens with two attached hydrogens (primary N) is 3. The van der Waals surface area contributed by atoms with Gasteiger partial charge in [0.15, 0.2) is 0 Å². The van der Waals surface area contributed by atoms with Crippen molar-refractivity contribution >= 4 is 102 Å². The molecule has 6 rings (SSSR count). The van der Waals surface area contributed by atoms with Gasteiger partial charge in [-0.15, -0.1) is 10.2 Å². The predicted molar refractivity (Wildman–Crippen MR) is 198 cm³/mol. The molecule has 0 saturated carbocycles. The summed E-state index contributed by atoms with van der Waals surface area (Å²) in [4.78, 5) is 5.85. The third-order valence-electron chi connectivity index (χ3n) is 7.93. The smallest absolute Gasteiger partial charge is 0.871 e. The molecule has 0 bridgehead atoms. The first-order chi connectivity index (χ1) is 28.1. The molecule has 0 atom stereocenters. The molecule has 0 fully saturated rings. The number of nitro benzene ring substituents is 1. The van der Waals surface area contributed by atoms with Crippen molar-refractivity contribution in [2.45, 2.75) is 19.6 Å². The minimum atomic E-state index is -5.46. The number of benzene rings is 6. The maximum absolute atomic E-state index is 12.7. The molecule has 6 aromatic carbocycles. The summed E-state index contributed by atoms with van der Waals surface area (Å²) in [6.07, 6.45) is 0. The summed E-state index contributed by atoms with van der Waals surface area (Å²) in [5, 5.41) is 78.9. The van der Waals surface area contributed by atoms with E-state index in [1.807, 2.05) is 0 Å². The molecule has 0 aromatic heterocycles. The van der Waals surface area contributed by atoms with E-state index in [0.29, 0.717) is 6.07 Å². The molecule has 6 N–H and O–H groups in total. The monoisotopic (exact) mass is 1060 g/mol. The van der Waals surface area contributed by atoms with Crippen LogP contribution in [-0.2, 0) is 57.7 Å². The Morgan fingerprint density at radius 2 is 0.909 bits per heavy atom. The van der Waals surface area contributed by atoms with Crippen LogP contribution in [0.15, 0.2) is 119 Å². The maximum Gasteiger partial charge on any atom is 3.00 e. The van der Waals surface area contributed by atoms with Crippen molar-refractivity contribution in [1.82, 2.24) is 0 Å². The van der Waals surface area contributed by atoms with Gasteiger partial charge in [0.05, 0.1) is 47.3 Å². The Labute approximate surface area is 472 Å². The number of fused-ring (bicyclic) bond motifs is 2. The van der Waals surface area contributed by atoms with E-state index in [1.165, 1.54) is 30.3 Å². The minimum absolute atomic E-state index is 0. The van der Waals surface area contributed by atoms with Crippen LogP contribution >= 0.6 is 0 Å². The Balaban J connectivity index is 0.00000119. The molecule has 0 aliphatic rings. The second kappa shape index (κ2) is 24.3. The van der Waals surface area contributed by atoms with Crippen LogP contribution in [0.3, 0.4) is 0 Å². The zero-order chi connectivity index (χ0) is 45.6. The molecule has 323 valence electrons. The molecule has 0 aliphatic heterocycles. The normalized spacial score (nSPS) is 11.6. The van der Waals surface area contributed by atoms with Crippen molar-refractivity contribution in [2.24, 2.45) is 25.6 Å². The molecule has 0 unspecified atom stereocenters. The van der Waals surface area contributed by atoms with Crippen LogP contribution in [-0.4, -0.2) is 52.3 Å². The quantitative estimate of drug-likeness (QED) is 0.0302. The van der Waals surface area contributed by atoms with Gasteiger partial charge >= 0.3 is 136 Å². The van der Waals surface area contributed by atoms with Crippen molar-refractivity contribution < 1.29 is 208 Å². The molecule has 0 amide bonds. The summed E-state index contributed by atoms with van der Waals surface area (Å²) in [5.74, 6) is -4.44. The van der Waals surface area contributed by atoms with Gasteiger partial charge < -0.3 is 45.6 Å². The second-order valence-electron chi connectivity index (χ2n) is 12.1. The van der Waals surface area contributed by atoms with Crippen LogP contribution in [0.4, 0.5) is 39.8 Å². The summed E-state index contributed by atoms with van der Waals surface area (Å²) in [6, 6.07) is 12.8. The Morgan fingerprint density at radius 3 is 1.29 bits per heavy atom. The predicted octanol–water partition coefficient (Wildman–Crippen LogP) is -10.7. The van der Waals surface area contributed by atoms with Gasteiger partial charge in [-0.1, -0.05) is 41.2 Å². The summed E-state index contributed by atoms with van der Waals surface area (Å²) >= 11 is 0. The van der Waals surface area contributed by atoms with Crippen LogP contribution in [0.2, 0.25) is 0 Å². The Kier molecular flexibility index (Phi) is 23.4. The molecule has 6 aromatic rings. The van der Waals surface area contributed by atoms with Crippen LogP contribution in [0.25, 0.3) is 21.5 Å². The van der Waals surface area contributed by atoms with Crippen LogP contribution in [0, 0.1) is 10.1 Å². The Morgan fingerprint density at radius 1 is 0.500 bits per heavy atom. The fourth-order valence-corrected chi connectivity index (χ4v) is 7.57. The first-order valence-electron chi connectivity index (χ1n) is 15.7. The number of rotatable bonds is 9. The Hall–Kier alpha value is -2.59. The number of non-ortho nitro benzene ring substituents is 1. The molecular weight excluding hydrogens is 1040 g/mol. The van der Waals surface area contributed by atoms with E-state index >= 15 is 0 Å². The summed E-state index contributed by atoms with van der Waals surface area (Å²) in [7, 11) is -20.0. The number of hydrogen-bond acceptors (Lipinski definition) is 23. The first kappa shape index (κ1) is 63.4. The topological polar surface area (TPSA) is 469 Å². The fraction of sp³-hybridized carbons (Fsp3) is 0. The number of azo groups is 2. The molecule has 1 radical (unpaired) electrons. The summed E-state index contributed by atoms with van der Waals surface area (Å²) in [6.45, 7) is 0. The average molecular weight is 1060 g/mol. The van der Waals surface area contributed by atoms with Gasteiger partial charge in [-0.3, -0.25) is 10.1 Å². The van der Waals surface area contributed by atoms with Crippen molar-refractivity contribution in [3.8, 4) is 23.0 Å². The number of sulfonamides is 1. The number of nitro groups is 1. The van der Waals surface area contributed by atoms with E-state index in [0.717, 1.165) is 36.4 Å². The van der Waals surface area contributed by atoms with Crippen LogP contribution in [0.5, 0.6) is 23.0 Å². The van der Waals surface area contributed by atoms with Crippen LogP contribution in [0.1, 0.15) is 0 Å². The number of primary sulfonamides is 1. The third kappa shape index (κ3) is 15.0. The molecular formula is C32H19CrN8Na4O17S4. The molecule has 34 heteroatoms. The summed E-state index contributed by atoms with van der Waals surface area (Å²) in [5.41, 5.74) is 7.05. The number of anilines is 2. The molecule has 66 heavy (non-hydrogen) atoms. The SMILES string of the molecule is Nc1ccc2cc(S(=O)(=O)[O-])c(N=Nc3cc(S(N)(=O)=O)ccc3[O-])c([O-])c2c1.Nc1ccc2cc(S(=O)(=O)[O-])c(N=Nc3cc([N+](=O)[O-])cc(S(=O)(=O)[O-])c3[O-])c([O-])c2c1.[Cr+3].[Na+].[Na+].[Na+].[Na+]. The largest absolute Gasteiger partial charge is 3.00 e. The molecule has 0 spiro atoms. The van der Waals surface area contributed by atoms with Crippen LogP contribution < -0.4 is 155 Å². The zero-order valence-electron chi connectivity index (χ0n) is 34.0. The van der Waals surface area contributed by atoms with Gasteiger partial charge in [-0.2, -0.15) is 10.2 Å². The van der Waals surface area contributed by atoms with Gasteiger partial charge in [-0.25, -0.2) is 38.8 Å². The zero-order valence-corrected chi connectivity index (χ0v) is 46.5. The van der Waals surface area contributed by atoms with Gasteiger partial charge in [0.25, 0.3) is 5.69 Å². The van der Waals surface area contributed by atoms with Gasteiger partial charge in [0.2, 0.25) is 10.0 Å². The van der Waals surface area contributed by atoms with E-state index in [-0.39, 0.29) is 175 Å². The number of nitrogens with zero attached hydrogens (tertiary/aromatic N) is 5. The average Bonchev–Trinajstić information content (AvgIpc) is 3.13. The fourth-order valence-electron chi connectivity index (χ4n) is 5.16. The molecule has 0 heterocycles. The number of nitrogen functional groups attached to an aromatic ring is 2. The van der Waals surface area contributed by atoms with Crippen molar-refractivity contribution in [2.75, 3.05) is 11.5 Å². The second-order valence-corrected chi connectivity index (χ2v) is 17.7. The minimum Gasteiger partial charge on any atom is -0.871 e. The molecule has 0 saturated heterocycles. The van der Waals surface area contributed by atoms with Crippen molar-refractivity contribution in [3.05, 3.63) is 89.0 Å². The molecule has 25 nitrogen and oxygen atoms in total. The van der Waals surface area contributed by atoms with E-state index in [9.17, 15) is 77.9 Å². The standard InChI is InChI=1S/C16H12N4O10S2.C16H14N4O7S2.Cr.4Na/c17-8-2-1-7-3-12(31(25,26)27)14(15(21)10(7)4-8)19-18-11-5-9(20(23)24)6-13(16(11)22)32(28,29)30;17-9-2-1-8-5-14(29(25,26)27)15(16(22)11(8)6-9)20-19-12-7-10(28(18,23)24)3-4-13(12)21;;;;;/h1-6,21-22H,17H2,(H,25,26,27)(H,28,29,30);1-7,21-22H,17H2,(H2,18,23,24)(H,25,26,27);;;;;/q;;+3;4*+1/p-7. The Bertz CT molecular complexity index is 3390. The third-order valence-corrected chi connectivity index (χ3v) is 11.4. The van der Waals surface area contributed by atoms with Crippen molar-refractivity contribution in [1.29, 1.82) is 0 Å². The van der Waals surface area contributed by atoms with E-state index < -0.39 is 116 Å². The first-order valence-corrected chi connectivity index (χ1v) is 21.5. The molecule has 0 aliphatic carbocycles. The summed E-state index contributed by atoms with van der Waals surface area (Å²) < 4.78 is 126. The van der Waals surface area contributed by atoms with Gasteiger partial charge in [-0.05, 0) is 70.1 Å². The van der Waals surface area contributed by atoms with Gasteiger partial charge in [0, 0.05) is 23.5 Å². The van der Waals surface area contributed by atoms with Gasteiger partial charge in [0.1, 0.15) is 30.4 Å².